The Kier molecular flexibility index (Phi) is 7.93. The van der Waals surface area contributed by atoms with E-state index in [4.69, 9.17) is 9.47 Å². The molecule has 1 unspecified atom stereocenters. The second-order valence-corrected chi connectivity index (χ2v) is 3.76. The number of hydrogen-bond acceptors (Lipinski definition) is 4. The fraction of sp³-hybridized carbons (Fsp3) is 0.889. The number of carbonyl (C=O) groups is 1. The number of methoxy groups -OCH3 is 2. The second-order valence-electron chi connectivity index (χ2n) is 2.99. The van der Waals surface area contributed by atoms with Crippen LogP contribution in [0.5, 0.6) is 0 Å². The molecule has 0 aromatic carbocycles. The highest BCUT2D eigenvalue weighted by Gasteiger charge is 2.16. The summed E-state index contributed by atoms with van der Waals surface area (Å²) in [6, 6.07) is 0. The van der Waals surface area contributed by atoms with Crippen molar-refractivity contribution in [1.82, 2.24) is 4.90 Å². The number of amides is 1. The van der Waals surface area contributed by atoms with Crippen LogP contribution in [0.2, 0.25) is 0 Å². The molecule has 0 bridgehead atoms. The van der Waals surface area contributed by atoms with Crippen LogP contribution >= 0.6 is 12.6 Å². The lowest BCUT2D eigenvalue weighted by atomic mass is 10.3. The molecule has 0 aromatic heterocycles. The van der Waals surface area contributed by atoms with E-state index in [9.17, 15) is 4.79 Å². The fourth-order valence-corrected chi connectivity index (χ4v) is 1.16. The zero-order chi connectivity index (χ0) is 11.0. The Labute approximate surface area is 91.0 Å². The average molecular weight is 221 g/mol. The van der Waals surface area contributed by atoms with Crippen LogP contribution in [-0.4, -0.2) is 56.6 Å². The third-order valence-corrected chi connectivity index (χ3v) is 2.02. The standard InChI is InChI=1S/C9H19NO3S/c1-8(14)9(11)10(4-6-12-2)5-7-13-3/h8,14H,4-7H2,1-3H3. The van der Waals surface area contributed by atoms with Gasteiger partial charge in [-0.05, 0) is 6.92 Å². The topological polar surface area (TPSA) is 38.8 Å². The van der Waals surface area contributed by atoms with Crippen molar-refractivity contribution in [2.24, 2.45) is 0 Å². The molecule has 0 fully saturated rings. The van der Waals surface area contributed by atoms with Crippen LogP contribution in [0.15, 0.2) is 0 Å². The number of hydrogen-bond donors (Lipinski definition) is 1. The fourth-order valence-electron chi connectivity index (χ4n) is 0.999. The minimum Gasteiger partial charge on any atom is -0.383 e. The van der Waals surface area contributed by atoms with E-state index in [-0.39, 0.29) is 11.2 Å². The third-order valence-electron chi connectivity index (χ3n) is 1.80. The Hall–Kier alpha value is -0.260. The van der Waals surface area contributed by atoms with Crippen molar-refractivity contribution >= 4 is 18.5 Å². The monoisotopic (exact) mass is 221 g/mol. The van der Waals surface area contributed by atoms with Gasteiger partial charge in [-0.2, -0.15) is 12.6 Å². The average Bonchev–Trinajstić information content (AvgIpc) is 2.17. The molecule has 0 rings (SSSR count). The van der Waals surface area contributed by atoms with Crippen LogP contribution in [0.1, 0.15) is 6.92 Å². The van der Waals surface area contributed by atoms with Crippen LogP contribution in [0.25, 0.3) is 0 Å². The molecule has 84 valence electrons. The number of nitrogens with zero attached hydrogens (tertiary/aromatic N) is 1. The molecule has 1 atom stereocenters. The van der Waals surface area contributed by atoms with Crippen molar-refractivity contribution in [3.63, 3.8) is 0 Å². The Morgan fingerprint density at radius 3 is 2.00 bits per heavy atom. The first-order valence-electron chi connectivity index (χ1n) is 4.58. The molecule has 14 heavy (non-hydrogen) atoms. The first-order valence-corrected chi connectivity index (χ1v) is 5.09. The normalized spacial score (nSPS) is 12.6. The van der Waals surface area contributed by atoms with Gasteiger partial charge in [-0.15, -0.1) is 0 Å². The minimum atomic E-state index is -0.274. The molecule has 0 aliphatic heterocycles. The van der Waals surface area contributed by atoms with Gasteiger partial charge in [0.15, 0.2) is 0 Å². The lowest BCUT2D eigenvalue weighted by molar-refractivity contribution is -0.131. The Morgan fingerprint density at radius 2 is 1.71 bits per heavy atom. The van der Waals surface area contributed by atoms with Gasteiger partial charge in [0.2, 0.25) is 5.91 Å². The maximum atomic E-state index is 11.6. The quantitative estimate of drug-likeness (QED) is 0.634. The van der Waals surface area contributed by atoms with Crippen molar-refractivity contribution in [1.29, 1.82) is 0 Å². The zero-order valence-corrected chi connectivity index (χ0v) is 9.92. The van der Waals surface area contributed by atoms with E-state index in [0.29, 0.717) is 26.3 Å². The Bertz CT molecular complexity index is 156. The molecule has 0 saturated heterocycles. The van der Waals surface area contributed by atoms with E-state index in [1.165, 1.54) is 0 Å². The third kappa shape index (κ3) is 5.47. The lowest BCUT2D eigenvalue weighted by Gasteiger charge is -2.23. The van der Waals surface area contributed by atoms with Gasteiger partial charge < -0.3 is 14.4 Å². The predicted molar refractivity (Wildman–Crippen MR) is 58.8 cm³/mol. The van der Waals surface area contributed by atoms with Crippen LogP contribution < -0.4 is 0 Å². The van der Waals surface area contributed by atoms with Crippen molar-refractivity contribution in [2.45, 2.75) is 12.2 Å². The zero-order valence-electron chi connectivity index (χ0n) is 9.02. The van der Waals surface area contributed by atoms with E-state index in [1.807, 2.05) is 0 Å². The minimum absolute atomic E-state index is 0.0161. The van der Waals surface area contributed by atoms with Crippen molar-refractivity contribution < 1.29 is 14.3 Å². The number of ether oxygens (including phenoxy) is 2. The summed E-state index contributed by atoms with van der Waals surface area (Å²) in [5, 5.41) is -0.274. The second kappa shape index (κ2) is 8.08. The summed E-state index contributed by atoms with van der Waals surface area (Å²) in [5.41, 5.74) is 0. The van der Waals surface area contributed by atoms with Gasteiger partial charge in [0, 0.05) is 27.3 Å². The highest BCUT2D eigenvalue weighted by Crippen LogP contribution is 2.01. The van der Waals surface area contributed by atoms with Gasteiger partial charge in [-0.25, -0.2) is 0 Å². The van der Waals surface area contributed by atoms with Gasteiger partial charge in [-0.3, -0.25) is 4.79 Å². The summed E-state index contributed by atoms with van der Waals surface area (Å²) in [6.07, 6.45) is 0. The van der Waals surface area contributed by atoms with Gasteiger partial charge in [-0.1, -0.05) is 0 Å². The van der Waals surface area contributed by atoms with Crippen molar-refractivity contribution in [3.05, 3.63) is 0 Å². The van der Waals surface area contributed by atoms with E-state index < -0.39 is 0 Å². The lowest BCUT2D eigenvalue weighted by Crippen LogP contribution is -2.40. The molecule has 5 heteroatoms. The summed E-state index contributed by atoms with van der Waals surface area (Å²) in [5.74, 6) is 0.0161. The van der Waals surface area contributed by atoms with E-state index in [2.05, 4.69) is 12.6 Å². The van der Waals surface area contributed by atoms with Crippen LogP contribution in [0, 0.1) is 0 Å². The predicted octanol–water partition coefficient (Wildman–Crippen LogP) is 0.426. The van der Waals surface area contributed by atoms with Crippen LogP contribution in [-0.2, 0) is 14.3 Å². The van der Waals surface area contributed by atoms with Gasteiger partial charge in [0.1, 0.15) is 0 Å². The molecule has 1 amide bonds. The molecule has 0 radical (unpaired) electrons. The molecule has 0 saturated carbocycles. The molecule has 4 nitrogen and oxygen atoms in total. The Balaban J connectivity index is 4.01. The molecular formula is C9H19NO3S. The summed E-state index contributed by atoms with van der Waals surface area (Å²) < 4.78 is 9.85. The molecule has 0 aromatic rings. The molecule has 0 N–H and O–H groups in total. The number of rotatable bonds is 7. The van der Waals surface area contributed by atoms with Crippen molar-refractivity contribution in [3.8, 4) is 0 Å². The number of carbonyl (C=O) groups excluding carboxylic acids is 1. The largest absolute Gasteiger partial charge is 0.383 e. The Morgan fingerprint density at radius 1 is 1.29 bits per heavy atom. The van der Waals surface area contributed by atoms with E-state index in [0.717, 1.165) is 0 Å². The van der Waals surface area contributed by atoms with Crippen LogP contribution in [0.3, 0.4) is 0 Å². The maximum absolute atomic E-state index is 11.6. The SMILES string of the molecule is COCCN(CCOC)C(=O)C(C)S. The summed E-state index contributed by atoms with van der Waals surface area (Å²) >= 11 is 4.10. The highest BCUT2D eigenvalue weighted by atomic mass is 32.1. The van der Waals surface area contributed by atoms with Gasteiger partial charge >= 0.3 is 0 Å². The van der Waals surface area contributed by atoms with Gasteiger partial charge in [0.05, 0.1) is 18.5 Å². The molecule has 0 aliphatic carbocycles. The van der Waals surface area contributed by atoms with E-state index >= 15 is 0 Å². The number of thiol groups is 1. The molecule has 0 spiro atoms. The summed E-state index contributed by atoms with van der Waals surface area (Å²) in [6.45, 7) is 4.01. The summed E-state index contributed by atoms with van der Waals surface area (Å²) in [7, 11) is 3.23. The smallest absolute Gasteiger partial charge is 0.235 e. The maximum Gasteiger partial charge on any atom is 0.235 e. The van der Waals surface area contributed by atoms with Crippen molar-refractivity contribution in [2.75, 3.05) is 40.5 Å². The van der Waals surface area contributed by atoms with Gasteiger partial charge in [0.25, 0.3) is 0 Å². The first-order chi connectivity index (χ1) is 6.63. The molecule has 0 aliphatic rings. The molecule has 0 heterocycles. The highest BCUT2D eigenvalue weighted by molar-refractivity contribution is 7.81. The van der Waals surface area contributed by atoms with Crippen LogP contribution in [0.4, 0.5) is 0 Å². The molecular weight excluding hydrogens is 202 g/mol. The first kappa shape index (κ1) is 13.7. The summed E-state index contributed by atoms with van der Waals surface area (Å²) in [4.78, 5) is 13.3. The van der Waals surface area contributed by atoms with E-state index in [1.54, 1.807) is 26.0 Å².